The van der Waals surface area contributed by atoms with Gasteiger partial charge in [0.25, 0.3) is 0 Å². The molecule has 1 heterocycles. The SMILES string of the molecule is CCOc1ccc2c(c1)sc(=NC(=O)CCc1ccccc1)n2CCSC. The number of thioether (sulfide) groups is 1. The lowest BCUT2D eigenvalue weighted by atomic mass is 10.1. The highest BCUT2D eigenvalue weighted by Crippen LogP contribution is 2.23. The third-order valence-electron chi connectivity index (χ3n) is 4.17. The Morgan fingerprint density at radius 2 is 2.04 bits per heavy atom. The van der Waals surface area contributed by atoms with Crippen LogP contribution in [0.2, 0.25) is 0 Å². The van der Waals surface area contributed by atoms with Crippen LogP contribution in [0.4, 0.5) is 0 Å². The Labute approximate surface area is 167 Å². The summed E-state index contributed by atoms with van der Waals surface area (Å²) < 4.78 is 8.85. The van der Waals surface area contributed by atoms with Crippen molar-refractivity contribution in [2.75, 3.05) is 18.6 Å². The van der Waals surface area contributed by atoms with Crippen molar-refractivity contribution in [1.82, 2.24) is 4.57 Å². The van der Waals surface area contributed by atoms with Crippen LogP contribution in [-0.2, 0) is 17.8 Å². The second kappa shape index (κ2) is 9.76. The summed E-state index contributed by atoms with van der Waals surface area (Å²) in [4.78, 5) is 17.7. The van der Waals surface area contributed by atoms with Gasteiger partial charge in [-0.3, -0.25) is 4.79 Å². The summed E-state index contributed by atoms with van der Waals surface area (Å²) in [5, 5.41) is 0. The molecule has 6 heteroatoms. The van der Waals surface area contributed by atoms with E-state index in [9.17, 15) is 4.79 Å². The molecule has 0 saturated heterocycles. The smallest absolute Gasteiger partial charge is 0.248 e. The molecule has 1 amide bonds. The molecule has 0 bridgehead atoms. The average molecular weight is 401 g/mol. The van der Waals surface area contributed by atoms with Crippen molar-refractivity contribution in [1.29, 1.82) is 0 Å². The van der Waals surface area contributed by atoms with E-state index in [4.69, 9.17) is 4.74 Å². The van der Waals surface area contributed by atoms with Crippen LogP contribution in [0.15, 0.2) is 53.5 Å². The topological polar surface area (TPSA) is 43.6 Å². The van der Waals surface area contributed by atoms with Crippen LogP contribution in [0.3, 0.4) is 0 Å². The molecule has 0 N–H and O–H groups in total. The fourth-order valence-electron chi connectivity index (χ4n) is 2.85. The van der Waals surface area contributed by atoms with Crippen molar-refractivity contribution in [3.05, 3.63) is 58.9 Å². The molecule has 0 radical (unpaired) electrons. The fourth-order valence-corrected chi connectivity index (χ4v) is 4.32. The largest absolute Gasteiger partial charge is 0.494 e. The Kier molecular flexibility index (Phi) is 7.12. The highest BCUT2D eigenvalue weighted by atomic mass is 32.2. The highest BCUT2D eigenvalue weighted by Gasteiger charge is 2.09. The standard InChI is InChI=1S/C21H24N2O2S2/c1-3-25-17-10-11-18-19(15-17)27-21(23(18)13-14-26-2)22-20(24)12-9-16-7-5-4-6-8-16/h4-8,10-11,15H,3,9,12-14H2,1-2H3. The molecule has 142 valence electrons. The van der Waals surface area contributed by atoms with Gasteiger partial charge < -0.3 is 9.30 Å². The van der Waals surface area contributed by atoms with Gasteiger partial charge in [-0.1, -0.05) is 41.7 Å². The third kappa shape index (κ3) is 5.23. The number of thiazole rings is 1. The molecule has 0 spiro atoms. The number of hydrogen-bond acceptors (Lipinski definition) is 4. The van der Waals surface area contributed by atoms with Crippen molar-refractivity contribution >= 4 is 39.2 Å². The number of rotatable bonds is 8. The minimum atomic E-state index is -0.0756. The predicted octanol–water partition coefficient (Wildman–Crippen LogP) is 4.52. The molecule has 0 saturated carbocycles. The minimum absolute atomic E-state index is 0.0756. The van der Waals surface area contributed by atoms with Crippen LogP contribution in [0.1, 0.15) is 18.9 Å². The van der Waals surface area contributed by atoms with E-state index in [-0.39, 0.29) is 5.91 Å². The zero-order valence-electron chi connectivity index (χ0n) is 15.7. The second-order valence-corrected chi connectivity index (χ2v) is 8.08. The number of hydrogen-bond donors (Lipinski definition) is 0. The summed E-state index contributed by atoms with van der Waals surface area (Å²) in [6.45, 7) is 3.45. The zero-order valence-corrected chi connectivity index (χ0v) is 17.3. The Morgan fingerprint density at radius 1 is 1.22 bits per heavy atom. The summed E-state index contributed by atoms with van der Waals surface area (Å²) in [6.07, 6.45) is 3.22. The van der Waals surface area contributed by atoms with Gasteiger partial charge in [-0.25, -0.2) is 0 Å². The molecule has 3 aromatic rings. The lowest BCUT2D eigenvalue weighted by Gasteiger charge is -2.05. The van der Waals surface area contributed by atoms with Gasteiger partial charge in [0, 0.05) is 18.7 Å². The molecule has 0 fully saturated rings. The normalized spacial score (nSPS) is 11.9. The molecule has 1 aromatic heterocycles. The van der Waals surface area contributed by atoms with E-state index in [0.717, 1.165) is 38.6 Å². The van der Waals surface area contributed by atoms with Gasteiger partial charge in [0.05, 0.1) is 16.8 Å². The molecule has 0 aliphatic carbocycles. The van der Waals surface area contributed by atoms with Gasteiger partial charge >= 0.3 is 0 Å². The number of benzene rings is 2. The van der Waals surface area contributed by atoms with Gasteiger partial charge in [-0.05, 0) is 43.4 Å². The zero-order chi connectivity index (χ0) is 19.1. The summed E-state index contributed by atoms with van der Waals surface area (Å²) >= 11 is 3.34. The number of amides is 1. The van der Waals surface area contributed by atoms with Gasteiger partial charge in [0.15, 0.2) is 4.80 Å². The molecule has 0 aliphatic rings. The molecule has 27 heavy (non-hydrogen) atoms. The number of aryl methyl sites for hydroxylation is 2. The quantitative estimate of drug-likeness (QED) is 0.558. The molecular formula is C21H24N2O2S2. The Bertz CT molecular complexity index is 961. The first-order chi connectivity index (χ1) is 13.2. The van der Waals surface area contributed by atoms with Crippen LogP contribution >= 0.6 is 23.1 Å². The average Bonchev–Trinajstić information content (AvgIpc) is 3.02. The number of carbonyl (C=O) groups is 1. The lowest BCUT2D eigenvalue weighted by molar-refractivity contribution is -0.118. The van der Waals surface area contributed by atoms with Crippen LogP contribution in [0.25, 0.3) is 10.2 Å². The first-order valence-electron chi connectivity index (χ1n) is 9.08. The van der Waals surface area contributed by atoms with Crippen molar-refractivity contribution in [3.63, 3.8) is 0 Å². The molecule has 0 unspecified atom stereocenters. The predicted molar refractivity (Wildman–Crippen MR) is 115 cm³/mol. The fraction of sp³-hybridized carbons (Fsp3) is 0.333. The number of aromatic nitrogens is 1. The monoisotopic (exact) mass is 400 g/mol. The maximum Gasteiger partial charge on any atom is 0.248 e. The summed E-state index contributed by atoms with van der Waals surface area (Å²) in [5.41, 5.74) is 2.26. The number of carbonyl (C=O) groups excluding carboxylic acids is 1. The first kappa shape index (κ1) is 19.7. The van der Waals surface area contributed by atoms with Crippen LogP contribution in [-0.4, -0.2) is 29.1 Å². The molecular weight excluding hydrogens is 376 g/mol. The molecule has 3 rings (SSSR count). The van der Waals surface area contributed by atoms with Crippen LogP contribution in [0.5, 0.6) is 5.75 Å². The van der Waals surface area contributed by atoms with Gasteiger partial charge in [0.2, 0.25) is 5.91 Å². The van der Waals surface area contributed by atoms with Crippen molar-refractivity contribution in [2.24, 2.45) is 4.99 Å². The molecule has 2 aromatic carbocycles. The van der Waals surface area contributed by atoms with E-state index in [1.165, 1.54) is 0 Å². The molecule has 4 nitrogen and oxygen atoms in total. The van der Waals surface area contributed by atoms with E-state index in [1.807, 2.05) is 49.4 Å². The summed E-state index contributed by atoms with van der Waals surface area (Å²) in [5.74, 6) is 1.75. The van der Waals surface area contributed by atoms with E-state index in [0.29, 0.717) is 19.4 Å². The number of ether oxygens (including phenoxy) is 1. The van der Waals surface area contributed by atoms with Crippen molar-refractivity contribution in [2.45, 2.75) is 26.3 Å². The van der Waals surface area contributed by atoms with Gasteiger partial charge in [-0.2, -0.15) is 16.8 Å². The highest BCUT2D eigenvalue weighted by molar-refractivity contribution is 7.98. The van der Waals surface area contributed by atoms with Gasteiger partial charge in [-0.15, -0.1) is 0 Å². The van der Waals surface area contributed by atoms with Crippen LogP contribution in [0, 0.1) is 0 Å². The minimum Gasteiger partial charge on any atom is -0.494 e. The third-order valence-corrected chi connectivity index (χ3v) is 5.81. The van der Waals surface area contributed by atoms with E-state index in [1.54, 1.807) is 23.1 Å². The summed E-state index contributed by atoms with van der Waals surface area (Å²) in [7, 11) is 0. The van der Waals surface area contributed by atoms with Crippen LogP contribution < -0.4 is 9.54 Å². The Balaban J connectivity index is 1.88. The maximum absolute atomic E-state index is 12.5. The Hall–Kier alpha value is -2.05. The molecule has 0 atom stereocenters. The van der Waals surface area contributed by atoms with E-state index in [2.05, 4.69) is 21.9 Å². The molecule has 0 aliphatic heterocycles. The number of fused-ring (bicyclic) bond motifs is 1. The lowest BCUT2D eigenvalue weighted by Crippen LogP contribution is -2.18. The maximum atomic E-state index is 12.5. The van der Waals surface area contributed by atoms with E-state index < -0.39 is 0 Å². The van der Waals surface area contributed by atoms with E-state index >= 15 is 0 Å². The summed E-state index contributed by atoms with van der Waals surface area (Å²) in [6, 6.07) is 16.1. The first-order valence-corrected chi connectivity index (χ1v) is 11.3. The Morgan fingerprint density at radius 3 is 2.78 bits per heavy atom. The van der Waals surface area contributed by atoms with Crippen molar-refractivity contribution < 1.29 is 9.53 Å². The second-order valence-electron chi connectivity index (χ2n) is 6.08. The van der Waals surface area contributed by atoms with Gasteiger partial charge in [0.1, 0.15) is 5.75 Å². The van der Waals surface area contributed by atoms with Crippen molar-refractivity contribution in [3.8, 4) is 5.75 Å². The number of nitrogens with zero attached hydrogens (tertiary/aromatic N) is 2.